The van der Waals surface area contributed by atoms with Crippen molar-refractivity contribution in [2.75, 3.05) is 13.1 Å². The van der Waals surface area contributed by atoms with Crippen LogP contribution >= 0.6 is 0 Å². The summed E-state index contributed by atoms with van der Waals surface area (Å²) >= 11 is 0. The molecule has 46 heavy (non-hydrogen) atoms. The molecule has 2 N–H and O–H groups in total. The van der Waals surface area contributed by atoms with Gasteiger partial charge in [0, 0.05) is 24.6 Å². The third-order valence-corrected chi connectivity index (χ3v) is 11.9. The molecule has 2 aromatic rings. The number of aromatic hydroxyl groups is 1. The maximum absolute atomic E-state index is 16.1. The van der Waals surface area contributed by atoms with Gasteiger partial charge in [-0.15, -0.1) is 0 Å². The highest BCUT2D eigenvalue weighted by Gasteiger charge is 2.59. The first-order chi connectivity index (χ1) is 22.3. The summed E-state index contributed by atoms with van der Waals surface area (Å²) in [5.74, 6) is 1.05. The van der Waals surface area contributed by atoms with E-state index in [4.69, 9.17) is 5.26 Å². The molecule has 3 aliphatic rings. The molecule has 5 rings (SSSR count). The zero-order valence-electron chi connectivity index (χ0n) is 28.1. The Labute approximate surface area is 276 Å². The van der Waals surface area contributed by atoms with Gasteiger partial charge in [-0.25, -0.2) is 4.39 Å². The van der Waals surface area contributed by atoms with Crippen LogP contribution in [0.5, 0.6) is 5.75 Å². The molecule has 0 heterocycles. The molecule has 6 heteroatoms. The van der Waals surface area contributed by atoms with Gasteiger partial charge in [-0.3, -0.25) is 4.79 Å². The predicted octanol–water partition coefficient (Wildman–Crippen LogP) is 9.11. The predicted molar refractivity (Wildman–Crippen MR) is 181 cm³/mol. The van der Waals surface area contributed by atoms with Gasteiger partial charge in [0.2, 0.25) is 0 Å². The minimum atomic E-state index is -0.976. The summed E-state index contributed by atoms with van der Waals surface area (Å²) in [5, 5.41) is 30.3. The van der Waals surface area contributed by atoms with Gasteiger partial charge in [0.1, 0.15) is 11.9 Å². The van der Waals surface area contributed by atoms with Gasteiger partial charge in [0.05, 0.1) is 17.7 Å². The van der Waals surface area contributed by atoms with Crippen molar-refractivity contribution in [3.8, 4) is 11.8 Å². The van der Waals surface area contributed by atoms with Gasteiger partial charge in [0.25, 0.3) is 5.91 Å². The van der Waals surface area contributed by atoms with Gasteiger partial charge in [-0.2, -0.15) is 5.26 Å². The number of phenolic OH excluding ortho intramolecular Hbond substituents is 1. The number of benzene rings is 2. The molecule has 2 aromatic carbocycles. The molecule has 2 saturated carbocycles. The number of hydrogen-bond acceptors (Lipinski definition) is 4. The van der Waals surface area contributed by atoms with Gasteiger partial charge >= 0.3 is 0 Å². The summed E-state index contributed by atoms with van der Waals surface area (Å²) in [6, 6.07) is 14.6. The third kappa shape index (κ3) is 7.62. The standard InChI is InChI=1S/C40H55FN2O3/c1-3-4-5-6-8-11-22-43(39(46)29-16-14-28(27-42)15-17-29)23-12-9-7-10-13-30-24-31-25-32(44)18-19-33(31)38-35(41)26-40(2)34(37(30)38)20-21-36(40)45/h14-19,25,30,34-38,44-45H,3-13,20-24,26H2,1-2H3/t30-,34+,35+,36+,37+,38+,40+/m1/s1. The maximum Gasteiger partial charge on any atom is 0.253 e. The fraction of sp³-hybridized carbons (Fsp3) is 0.650. The van der Waals surface area contributed by atoms with Crippen LogP contribution in [-0.2, 0) is 6.42 Å². The molecule has 3 aliphatic carbocycles. The van der Waals surface area contributed by atoms with Crippen LogP contribution in [0.25, 0.3) is 0 Å². The Morgan fingerprint density at radius 1 is 0.978 bits per heavy atom. The van der Waals surface area contributed by atoms with Crippen LogP contribution in [0.3, 0.4) is 0 Å². The zero-order chi connectivity index (χ0) is 32.7. The average molecular weight is 631 g/mol. The first-order valence-electron chi connectivity index (χ1n) is 18.2. The number of aliphatic hydroxyl groups excluding tert-OH is 1. The summed E-state index contributed by atoms with van der Waals surface area (Å²) in [6.07, 6.45) is 13.9. The molecule has 5 nitrogen and oxygen atoms in total. The third-order valence-electron chi connectivity index (χ3n) is 11.9. The Morgan fingerprint density at radius 3 is 2.35 bits per heavy atom. The number of nitriles is 1. The van der Waals surface area contributed by atoms with Crippen LogP contribution in [0, 0.1) is 34.5 Å². The van der Waals surface area contributed by atoms with Gasteiger partial charge < -0.3 is 15.1 Å². The van der Waals surface area contributed by atoms with E-state index >= 15 is 4.39 Å². The van der Waals surface area contributed by atoms with E-state index in [2.05, 4.69) is 19.9 Å². The molecule has 0 saturated heterocycles. The summed E-state index contributed by atoms with van der Waals surface area (Å²) in [6.45, 7) is 5.84. The molecule has 0 bridgehead atoms. The zero-order valence-corrected chi connectivity index (χ0v) is 28.1. The molecule has 0 spiro atoms. The van der Waals surface area contributed by atoms with Crippen molar-refractivity contribution < 1.29 is 19.4 Å². The second-order valence-corrected chi connectivity index (χ2v) is 14.8. The first kappa shape index (κ1) is 34.4. The average Bonchev–Trinajstić information content (AvgIpc) is 3.35. The Morgan fingerprint density at radius 2 is 1.65 bits per heavy atom. The van der Waals surface area contributed by atoms with Crippen LogP contribution in [0.4, 0.5) is 4.39 Å². The summed E-state index contributed by atoms with van der Waals surface area (Å²) in [7, 11) is 0. The van der Waals surface area contributed by atoms with Crippen molar-refractivity contribution in [3.05, 3.63) is 64.7 Å². The molecule has 0 unspecified atom stereocenters. The number of carbonyl (C=O) groups is 1. The van der Waals surface area contributed by atoms with Crippen molar-refractivity contribution in [3.63, 3.8) is 0 Å². The van der Waals surface area contributed by atoms with Crippen LogP contribution in [0.2, 0.25) is 0 Å². The summed E-state index contributed by atoms with van der Waals surface area (Å²) in [4.78, 5) is 15.4. The fourth-order valence-electron chi connectivity index (χ4n) is 9.36. The lowest BCUT2D eigenvalue weighted by molar-refractivity contribution is -0.0722. The summed E-state index contributed by atoms with van der Waals surface area (Å²) in [5.41, 5.74) is 3.03. The highest BCUT2D eigenvalue weighted by molar-refractivity contribution is 5.94. The number of amides is 1. The van der Waals surface area contributed by atoms with Gasteiger partial charge in [-0.05, 0) is 116 Å². The number of halogens is 1. The first-order valence-corrected chi connectivity index (χ1v) is 18.2. The van der Waals surface area contributed by atoms with Crippen molar-refractivity contribution in [1.29, 1.82) is 5.26 Å². The summed E-state index contributed by atoms with van der Waals surface area (Å²) < 4.78 is 16.1. The van der Waals surface area contributed by atoms with E-state index < -0.39 is 12.3 Å². The van der Waals surface area contributed by atoms with Crippen molar-refractivity contribution in [2.45, 2.75) is 128 Å². The van der Waals surface area contributed by atoms with E-state index in [1.807, 2.05) is 17.0 Å². The highest BCUT2D eigenvalue weighted by Crippen LogP contribution is 2.63. The highest BCUT2D eigenvalue weighted by atomic mass is 19.1. The SMILES string of the molecule is CCCCCCCCN(CCCCCC[C@@H]1Cc2cc(O)ccc2[C@@H]2[C@@H]1[C@@H]1CC[C@H](O)[C@@]1(C)C[C@@H]2F)C(=O)c1ccc(C#N)cc1. The van der Waals surface area contributed by atoms with E-state index in [1.165, 1.54) is 25.7 Å². The van der Waals surface area contributed by atoms with Gasteiger partial charge in [0.15, 0.2) is 0 Å². The Hall–Kier alpha value is -2.91. The number of fused-ring (bicyclic) bond motifs is 5. The lowest BCUT2D eigenvalue weighted by Crippen LogP contribution is -2.51. The van der Waals surface area contributed by atoms with Crippen LogP contribution in [0.15, 0.2) is 42.5 Å². The molecular formula is C40H55FN2O3. The molecule has 0 radical (unpaired) electrons. The van der Waals surface area contributed by atoms with E-state index in [0.717, 1.165) is 88.4 Å². The van der Waals surface area contributed by atoms with Crippen LogP contribution in [-0.4, -0.2) is 46.4 Å². The normalized spacial score (nSPS) is 28.2. The van der Waals surface area contributed by atoms with E-state index in [1.54, 1.807) is 30.3 Å². The van der Waals surface area contributed by atoms with Crippen LogP contribution in [0.1, 0.15) is 137 Å². The number of hydrogen-bond donors (Lipinski definition) is 2. The molecular weight excluding hydrogens is 575 g/mol. The number of carbonyl (C=O) groups excluding carboxylic acids is 1. The van der Waals surface area contributed by atoms with Gasteiger partial charge in [-0.1, -0.05) is 71.3 Å². The largest absolute Gasteiger partial charge is 0.508 e. The van der Waals surface area contributed by atoms with Crippen molar-refractivity contribution in [2.24, 2.45) is 23.2 Å². The van der Waals surface area contributed by atoms with Crippen LogP contribution < -0.4 is 0 Å². The molecule has 1 amide bonds. The lowest BCUT2D eigenvalue weighted by Gasteiger charge is -2.54. The van der Waals surface area contributed by atoms with Crippen molar-refractivity contribution in [1.82, 2.24) is 4.90 Å². The van der Waals surface area contributed by atoms with Crippen molar-refractivity contribution >= 4 is 5.91 Å². The molecule has 7 atom stereocenters. The maximum atomic E-state index is 16.1. The number of nitrogens with zero attached hydrogens (tertiary/aromatic N) is 2. The number of alkyl halides is 1. The number of unbranched alkanes of at least 4 members (excludes halogenated alkanes) is 8. The minimum Gasteiger partial charge on any atom is -0.508 e. The monoisotopic (exact) mass is 630 g/mol. The molecule has 250 valence electrons. The molecule has 0 aromatic heterocycles. The Bertz CT molecular complexity index is 1340. The molecule has 2 fully saturated rings. The second kappa shape index (κ2) is 15.8. The quantitative estimate of drug-likeness (QED) is 0.192. The number of phenols is 1. The topological polar surface area (TPSA) is 84.6 Å². The lowest BCUT2D eigenvalue weighted by atomic mass is 9.51. The van der Waals surface area contributed by atoms with E-state index in [-0.39, 0.29) is 28.9 Å². The van der Waals surface area contributed by atoms with E-state index in [9.17, 15) is 15.0 Å². The Balaban J connectivity index is 1.17. The minimum absolute atomic E-state index is 0.0492. The number of rotatable bonds is 15. The number of aliphatic hydroxyl groups is 1. The van der Waals surface area contributed by atoms with E-state index in [0.29, 0.717) is 29.4 Å². The molecule has 0 aliphatic heterocycles. The fourth-order valence-corrected chi connectivity index (χ4v) is 9.36. The smallest absolute Gasteiger partial charge is 0.253 e. The Kier molecular flexibility index (Phi) is 11.8. The second-order valence-electron chi connectivity index (χ2n) is 14.8.